The molecule has 1 aromatic carbocycles. The van der Waals surface area contributed by atoms with E-state index in [-0.39, 0.29) is 17.0 Å². The van der Waals surface area contributed by atoms with Gasteiger partial charge in [0.05, 0.1) is 5.02 Å². The molecule has 0 saturated carbocycles. The molecule has 0 saturated heterocycles. The lowest BCUT2D eigenvalue weighted by molar-refractivity contribution is 0.137. The summed E-state index contributed by atoms with van der Waals surface area (Å²) in [6, 6.07) is 4.78. The van der Waals surface area contributed by atoms with Crippen LogP contribution in [-0.2, 0) is 6.42 Å². The number of aliphatic hydroxyl groups excluding tert-OH is 1. The van der Waals surface area contributed by atoms with Crippen molar-refractivity contribution in [1.82, 2.24) is 0 Å². The molecule has 0 bridgehead atoms. The van der Waals surface area contributed by atoms with Crippen LogP contribution in [0.25, 0.3) is 0 Å². The van der Waals surface area contributed by atoms with Gasteiger partial charge in [-0.2, -0.15) is 0 Å². The Balaban J connectivity index is 2.94. The molecule has 0 aliphatic heterocycles. The minimum Gasteiger partial charge on any atom is -0.396 e. The van der Waals surface area contributed by atoms with E-state index in [2.05, 4.69) is 0 Å². The van der Waals surface area contributed by atoms with Gasteiger partial charge in [-0.15, -0.1) is 0 Å². The van der Waals surface area contributed by atoms with Crippen molar-refractivity contribution in [3.8, 4) is 0 Å². The Morgan fingerprint density at radius 3 is 2.67 bits per heavy atom. The number of halogens is 2. The van der Waals surface area contributed by atoms with Gasteiger partial charge in [0, 0.05) is 6.61 Å². The van der Waals surface area contributed by atoms with Crippen LogP contribution in [0.3, 0.4) is 0 Å². The minimum atomic E-state index is -0.398. The van der Waals surface area contributed by atoms with Gasteiger partial charge in [-0.3, -0.25) is 0 Å². The Labute approximate surface area is 94.9 Å². The zero-order valence-electron chi connectivity index (χ0n) is 9.06. The second-order valence-electron chi connectivity index (χ2n) is 4.21. The molecule has 1 aromatic rings. The number of hydrogen-bond acceptors (Lipinski definition) is 1. The predicted octanol–water partition coefficient (Wildman–Crippen LogP) is 3.43. The molecule has 84 valence electrons. The second-order valence-corrected chi connectivity index (χ2v) is 4.59. The number of aliphatic hydroxyl groups is 1. The van der Waals surface area contributed by atoms with Gasteiger partial charge < -0.3 is 5.11 Å². The van der Waals surface area contributed by atoms with Gasteiger partial charge in [-0.1, -0.05) is 37.6 Å². The van der Waals surface area contributed by atoms with E-state index in [4.69, 9.17) is 11.6 Å². The van der Waals surface area contributed by atoms with Crippen molar-refractivity contribution in [3.63, 3.8) is 0 Å². The average Bonchev–Trinajstić information content (AvgIpc) is 2.25. The van der Waals surface area contributed by atoms with Gasteiger partial charge in [0.15, 0.2) is 0 Å². The summed E-state index contributed by atoms with van der Waals surface area (Å²) < 4.78 is 13.2. The molecule has 0 radical (unpaired) electrons. The molecule has 0 fully saturated rings. The molecule has 0 aliphatic rings. The van der Waals surface area contributed by atoms with Gasteiger partial charge in [0.1, 0.15) is 5.82 Å². The standard InChI is InChI=1S/C12H16ClFO/c1-3-12(2,8-15)7-9-5-4-6-10(14)11(9)13/h4-6,15H,3,7-8H2,1-2H3. The highest BCUT2D eigenvalue weighted by Crippen LogP contribution is 2.30. The van der Waals surface area contributed by atoms with Gasteiger partial charge in [0.2, 0.25) is 0 Å². The molecule has 15 heavy (non-hydrogen) atoms. The van der Waals surface area contributed by atoms with Gasteiger partial charge in [-0.05, 0) is 29.9 Å². The summed E-state index contributed by atoms with van der Waals surface area (Å²) in [5.74, 6) is -0.398. The first kappa shape index (κ1) is 12.5. The molecule has 1 N–H and O–H groups in total. The highest BCUT2D eigenvalue weighted by molar-refractivity contribution is 6.31. The van der Waals surface area contributed by atoms with Crippen LogP contribution in [0.15, 0.2) is 18.2 Å². The van der Waals surface area contributed by atoms with Crippen LogP contribution in [0.2, 0.25) is 5.02 Å². The molecule has 1 atom stereocenters. The number of benzene rings is 1. The van der Waals surface area contributed by atoms with Crippen LogP contribution in [0, 0.1) is 11.2 Å². The van der Waals surface area contributed by atoms with Crippen LogP contribution < -0.4 is 0 Å². The minimum absolute atomic E-state index is 0.0797. The SMILES string of the molecule is CCC(C)(CO)Cc1cccc(F)c1Cl. The van der Waals surface area contributed by atoms with Crippen LogP contribution in [0.5, 0.6) is 0 Å². The van der Waals surface area contributed by atoms with E-state index >= 15 is 0 Å². The lowest BCUT2D eigenvalue weighted by Gasteiger charge is -2.26. The van der Waals surface area contributed by atoms with E-state index in [0.29, 0.717) is 6.42 Å². The Morgan fingerprint density at radius 2 is 2.13 bits per heavy atom. The molecule has 0 heterocycles. The third-order valence-corrected chi connectivity index (χ3v) is 3.31. The fraction of sp³-hybridized carbons (Fsp3) is 0.500. The molecule has 0 spiro atoms. The molecular formula is C12H16ClFO. The maximum absolute atomic E-state index is 13.2. The van der Waals surface area contributed by atoms with Gasteiger partial charge in [-0.25, -0.2) is 4.39 Å². The summed E-state index contributed by atoms with van der Waals surface area (Å²) in [5.41, 5.74) is 0.535. The molecule has 3 heteroatoms. The molecule has 0 aromatic heterocycles. The number of rotatable bonds is 4. The molecular weight excluding hydrogens is 215 g/mol. The summed E-state index contributed by atoms with van der Waals surface area (Å²) in [7, 11) is 0. The quantitative estimate of drug-likeness (QED) is 0.840. The smallest absolute Gasteiger partial charge is 0.142 e. The van der Waals surface area contributed by atoms with Gasteiger partial charge in [0.25, 0.3) is 0 Å². The average molecular weight is 231 g/mol. The normalized spacial score (nSPS) is 15.0. The fourth-order valence-electron chi connectivity index (χ4n) is 1.44. The summed E-state index contributed by atoms with van der Waals surface area (Å²) in [6.07, 6.45) is 1.42. The molecule has 0 aliphatic carbocycles. The molecule has 1 rings (SSSR count). The van der Waals surface area contributed by atoms with Crippen molar-refractivity contribution >= 4 is 11.6 Å². The molecule has 1 nitrogen and oxygen atoms in total. The van der Waals surface area contributed by atoms with E-state index in [1.807, 2.05) is 13.8 Å². The van der Waals surface area contributed by atoms with Crippen LogP contribution in [-0.4, -0.2) is 11.7 Å². The highest BCUT2D eigenvalue weighted by atomic mass is 35.5. The zero-order chi connectivity index (χ0) is 11.5. The monoisotopic (exact) mass is 230 g/mol. The maximum Gasteiger partial charge on any atom is 0.142 e. The summed E-state index contributed by atoms with van der Waals surface area (Å²) in [5, 5.41) is 9.44. The van der Waals surface area contributed by atoms with E-state index in [1.54, 1.807) is 12.1 Å². The number of hydrogen-bond donors (Lipinski definition) is 1. The Hall–Kier alpha value is -0.600. The van der Waals surface area contributed by atoms with E-state index in [9.17, 15) is 9.50 Å². The third-order valence-electron chi connectivity index (χ3n) is 2.88. The van der Waals surface area contributed by atoms with E-state index < -0.39 is 5.82 Å². The summed E-state index contributed by atoms with van der Waals surface area (Å²) in [4.78, 5) is 0. The van der Waals surface area contributed by atoms with Crippen molar-refractivity contribution in [2.24, 2.45) is 5.41 Å². The van der Waals surface area contributed by atoms with Crippen molar-refractivity contribution in [2.75, 3.05) is 6.61 Å². The first-order valence-electron chi connectivity index (χ1n) is 5.06. The Bertz CT molecular complexity index is 334. The van der Waals surface area contributed by atoms with E-state index in [0.717, 1.165) is 12.0 Å². The topological polar surface area (TPSA) is 20.2 Å². The predicted molar refractivity (Wildman–Crippen MR) is 60.6 cm³/mol. The van der Waals surface area contributed by atoms with Crippen molar-refractivity contribution in [2.45, 2.75) is 26.7 Å². The lowest BCUT2D eigenvalue weighted by Crippen LogP contribution is -2.23. The van der Waals surface area contributed by atoms with Crippen LogP contribution in [0.4, 0.5) is 4.39 Å². The summed E-state index contributed by atoms with van der Waals surface area (Å²) >= 11 is 5.86. The summed E-state index contributed by atoms with van der Waals surface area (Å²) in [6.45, 7) is 4.05. The lowest BCUT2D eigenvalue weighted by atomic mass is 9.82. The van der Waals surface area contributed by atoms with Crippen molar-refractivity contribution < 1.29 is 9.50 Å². The van der Waals surface area contributed by atoms with Crippen LogP contribution in [0.1, 0.15) is 25.8 Å². The fourth-order valence-corrected chi connectivity index (χ4v) is 1.63. The zero-order valence-corrected chi connectivity index (χ0v) is 9.81. The molecule has 1 unspecified atom stereocenters. The third kappa shape index (κ3) is 2.93. The first-order valence-corrected chi connectivity index (χ1v) is 5.44. The largest absolute Gasteiger partial charge is 0.396 e. The Kier molecular flexibility index (Phi) is 4.12. The Morgan fingerprint density at radius 1 is 1.47 bits per heavy atom. The van der Waals surface area contributed by atoms with Crippen molar-refractivity contribution in [1.29, 1.82) is 0 Å². The molecule has 0 amide bonds. The van der Waals surface area contributed by atoms with Gasteiger partial charge >= 0.3 is 0 Å². The highest BCUT2D eigenvalue weighted by Gasteiger charge is 2.23. The maximum atomic E-state index is 13.2. The van der Waals surface area contributed by atoms with E-state index in [1.165, 1.54) is 6.07 Å². The van der Waals surface area contributed by atoms with Crippen molar-refractivity contribution in [3.05, 3.63) is 34.6 Å². The second kappa shape index (κ2) is 4.95. The first-order chi connectivity index (χ1) is 7.02. The van der Waals surface area contributed by atoms with Crippen LogP contribution >= 0.6 is 11.6 Å².